The Labute approximate surface area is 205 Å². The molecule has 33 heavy (non-hydrogen) atoms. The molecule has 9 heteroatoms. The number of carbonyl (C=O) groups excluding carboxylic acids is 1. The number of fused-ring (bicyclic) bond motifs is 2. The molecule has 2 aliphatic rings. The molecule has 0 radical (unpaired) electrons. The van der Waals surface area contributed by atoms with E-state index in [2.05, 4.69) is 32.9 Å². The largest absolute Gasteiger partial charge is 0.340 e. The summed E-state index contributed by atoms with van der Waals surface area (Å²) >= 11 is 13.6. The monoisotopic (exact) mass is 495 g/mol. The topological polar surface area (TPSA) is 73.8 Å². The molecule has 0 bridgehead atoms. The maximum Gasteiger partial charge on any atom is 0.283 e. The van der Waals surface area contributed by atoms with Gasteiger partial charge in [0.25, 0.3) is 5.91 Å². The molecular formula is C24H19Cl2N5OS. The number of amidine groups is 2. The van der Waals surface area contributed by atoms with Crippen LogP contribution in [0, 0.1) is 19.3 Å². The summed E-state index contributed by atoms with van der Waals surface area (Å²) < 4.78 is 2.18. The molecule has 0 saturated carbocycles. The van der Waals surface area contributed by atoms with Crippen LogP contribution in [-0.4, -0.2) is 31.5 Å². The van der Waals surface area contributed by atoms with Gasteiger partial charge in [0.1, 0.15) is 0 Å². The Morgan fingerprint density at radius 3 is 2.64 bits per heavy atom. The van der Waals surface area contributed by atoms with Gasteiger partial charge in [0.05, 0.1) is 20.7 Å². The van der Waals surface area contributed by atoms with E-state index >= 15 is 0 Å². The minimum Gasteiger partial charge on any atom is -0.340 e. The molecule has 0 spiro atoms. The van der Waals surface area contributed by atoms with Crippen LogP contribution in [0.25, 0.3) is 17.0 Å². The Hall–Kier alpha value is -2.87. The highest BCUT2D eigenvalue weighted by Crippen LogP contribution is 2.33. The summed E-state index contributed by atoms with van der Waals surface area (Å²) in [6.45, 7) is 6.46. The van der Waals surface area contributed by atoms with Gasteiger partial charge < -0.3 is 4.57 Å². The zero-order valence-corrected chi connectivity index (χ0v) is 20.4. The molecule has 3 heterocycles. The normalized spacial score (nSPS) is 17.1. The summed E-state index contributed by atoms with van der Waals surface area (Å²) in [5, 5.41) is 17.5. The van der Waals surface area contributed by atoms with Crippen molar-refractivity contribution in [1.82, 2.24) is 9.58 Å². The number of halogens is 2. The molecule has 1 aromatic heterocycles. The first kappa shape index (κ1) is 21.9. The van der Waals surface area contributed by atoms with Crippen molar-refractivity contribution in [3.05, 3.63) is 74.4 Å². The van der Waals surface area contributed by atoms with E-state index in [0.29, 0.717) is 21.8 Å². The highest BCUT2D eigenvalue weighted by Gasteiger charge is 2.34. The number of hydrogen-bond donors (Lipinski definition) is 1. The number of thioether (sulfide) groups is 1. The Kier molecular flexibility index (Phi) is 5.43. The molecule has 0 unspecified atom stereocenters. The van der Waals surface area contributed by atoms with Crippen LogP contribution in [0.1, 0.15) is 29.3 Å². The minimum absolute atomic E-state index is 0.0341. The van der Waals surface area contributed by atoms with Gasteiger partial charge in [-0.25, -0.2) is 0 Å². The first-order valence-corrected chi connectivity index (χ1v) is 11.8. The number of nitrogens with zero attached hydrogens (tertiary/aromatic N) is 4. The number of aromatic nitrogens is 1. The molecule has 2 aliphatic heterocycles. The van der Waals surface area contributed by atoms with E-state index in [9.17, 15) is 4.79 Å². The number of nitrogens with one attached hydrogen (secondary N) is 1. The lowest BCUT2D eigenvalue weighted by molar-refractivity contribution is -0.114. The van der Waals surface area contributed by atoms with Crippen LogP contribution in [0.4, 0.5) is 0 Å². The van der Waals surface area contributed by atoms with Crippen LogP contribution >= 0.6 is 35.0 Å². The van der Waals surface area contributed by atoms with E-state index in [-0.39, 0.29) is 11.4 Å². The molecule has 0 saturated heterocycles. The number of hydrogen-bond acceptors (Lipinski definition) is 4. The number of amides is 1. The van der Waals surface area contributed by atoms with E-state index < -0.39 is 5.91 Å². The predicted molar refractivity (Wildman–Crippen MR) is 138 cm³/mol. The molecule has 6 nitrogen and oxygen atoms in total. The number of aryl methyl sites for hydroxylation is 1. The van der Waals surface area contributed by atoms with Crippen LogP contribution in [0.5, 0.6) is 0 Å². The molecule has 0 atom stereocenters. The lowest BCUT2D eigenvalue weighted by Crippen LogP contribution is -2.35. The maximum atomic E-state index is 12.8. The van der Waals surface area contributed by atoms with Gasteiger partial charge in [-0.15, -0.1) is 0 Å². The van der Waals surface area contributed by atoms with Crippen LogP contribution in [0.2, 0.25) is 10.0 Å². The van der Waals surface area contributed by atoms with Gasteiger partial charge in [0.15, 0.2) is 5.84 Å². The van der Waals surface area contributed by atoms with E-state index in [4.69, 9.17) is 28.6 Å². The number of carbonyl (C=O) groups is 1. The zero-order valence-electron chi connectivity index (χ0n) is 18.1. The third kappa shape index (κ3) is 3.80. The van der Waals surface area contributed by atoms with Gasteiger partial charge in [-0.1, -0.05) is 40.9 Å². The van der Waals surface area contributed by atoms with E-state index in [0.717, 1.165) is 38.3 Å². The zero-order chi connectivity index (χ0) is 23.4. The molecule has 3 aromatic rings. The molecule has 5 rings (SSSR count). The van der Waals surface area contributed by atoms with Crippen molar-refractivity contribution < 1.29 is 4.79 Å². The van der Waals surface area contributed by atoms with Crippen LogP contribution in [-0.2, 0) is 11.3 Å². The number of benzene rings is 2. The number of rotatable bonds is 3. The van der Waals surface area contributed by atoms with Crippen LogP contribution in [0.15, 0.2) is 52.1 Å². The summed E-state index contributed by atoms with van der Waals surface area (Å²) in [5.74, 6) is -0.395. The highest BCUT2D eigenvalue weighted by molar-refractivity contribution is 8.26. The molecule has 0 aliphatic carbocycles. The molecule has 1 amide bonds. The maximum absolute atomic E-state index is 12.8. The molecule has 1 N–H and O–H groups in total. The number of aliphatic imine (C=N–C) groups is 1. The fourth-order valence-corrected chi connectivity index (χ4v) is 5.12. The summed E-state index contributed by atoms with van der Waals surface area (Å²) in [6.07, 6.45) is 1.77. The summed E-state index contributed by atoms with van der Waals surface area (Å²) in [6, 6.07) is 11.8. The fourth-order valence-electron chi connectivity index (χ4n) is 4.06. The van der Waals surface area contributed by atoms with Crippen molar-refractivity contribution in [3.63, 3.8) is 0 Å². The van der Waals surface area contributed by atoms with E-state index in [1.165, 1.54) is 16.8 Å². The molecule has 0 fully saturated rings. The van der Waals surface area contributed by atoms with Crippen molar-refractivity contribution in [1.29, 1.82) is 5.41 Å². The first-order chi connectivity index (χ1) is 15.7. The quantitative estimate of drug-likeness (QED) is 0.436. The van der Waals surface area contributed by atoms with Gasteiger partial charge in [-0.05, 0) is 68.4 Å². The second-order valence-electron chi connectivity index (χ2n) is 7.99. The SMILES string of the molecule is CC1=NN2C(=N)/C(=C\c3c(C)n(Cc4ccc(Cl)c(Cl)c4)c4ccc(C)cc34)C(=O)N=C2S1. The average molecular weight is 496 g/mol. The smallest absolute Gasteiger partial charge is 0.283 e. The van der Waals surface area contributed by atoms with Crippen LogP contribution < -0.4 is 0 Å². The van der Waals surface area contributed by atoms with Gasteiger partial charge in [0.2, 0.25) is 5.17 Å². The Bertz CT molecular complexity index is 1470. The van der Waals surface area contributed by atoms with Gasteiger partial charge >= 0.3 is 0 Å². The predicted octanol–water partition coefficient (Wildman–Crippen LogP) is 6.25. The standard InChI is InChI=1S/C24H19Cl2N5OS/c1-12-4-7-21-17(8-12)16(13(2)30(21)11-15-5-6-19(25)20(26)9-15)10-18-22(27)31-24(28-23(18)32)33-14(3)29-31/h4-10,27H,11H2,1-3H3/b18-10+,27-22?. The molecular weight excluding hydrogens is 477 g/mol. The highest BCUT2D eigenvalue weighted by atomic mass is 35.5. The first-order valence-electron chi connectivity index (χ1n) is 10.2. The van der Waals surface area contributed by atoms with Crippen molar-refractivity contribution in [2.75, 3.05) is 0 Å². The molecule has 2 aromatic carbocycles. The average Bonchev–Trinajstić information content (AvgIpc) is 3.25. The third-order valence-electron chi connectivity index (χ3n) is 5.70. The Morgan fingerprint density at radius 1 is 1.09 bits per heavy atom. The summed E-state index contributed by atoms with van der Waals surface area (Å²) in [5.41, 5.74) is 5.22. The Balaban J connectivity index is 1.65. The van der Waals surface area contributed by atoms with Crippen LogP contribution in [0.3, 0.4) is 0 Å². The lowest BCUT2D eigenvalue weighted by atomic mass is 10.0. The van der Waals surface area contributed by atoms with Crippen molar-refractivity contribution in [2.45, 2.75) is 27.3 Å². The van der Waals surface area contributed by atoms with Gasteiger partial charge in [-0.2, -0.15) is 15.1 Å². The Morgan fingerprint density at radius 2 is 1.88 bits per heavy atom. The van der Waals surface area contributed by atoms with Crippen molar-refractivity contribution in [2.24, 2.45) is 10.1 Å². The van der Waals surface area contributed by atoms with Gasteiger partial charge in [0, 0.05) is 28.7 Å². The van der Waals surface area contributed by atoms with Gasteiger partial charge in [-0.3, -0.25) is 10.2 Å². The van der Waals surface area contributed by atoms with Crippen molar-refractivity contribution in [3.8, 4) is 0 Å². The second kappa shape index (κ2) is 8.17. The number of hydrazone groups is 1. The summed E-state index contributed by atoms with van der Waals surface area (Å²) in [7, 11) is 0. The van der Waals surface area contributed by atoms with E-state index in [1.807, 2.05) is 32.9 Å². The minimum atomic E-state index is -0.430. The summed E-state index contributed by atoms with van der Waals surface area (Å²) in [4.78, 5) is 17.0. The fraction of sp³-hybridized carbons (Fsp3) is 0.167. The van der Waals surface area contributed by atoms with Crippen molar-refractivity contribution >= 4 is 73.9 Å². The lowest BCUT2D eigenvalue weighted by Gasteiger charge is -2.20. The molecule has 166 valence electrons. The second-order valence-corrected chi connectivity index (χ2v) is 9.97. The third-order valence-corrected chi connectivity index (χ3v) is 7.26. The van der Waals surface area contributed by atoms with E-state index in [1.54, 1.807) is 12.1 Å².